The fraction of sp³-hybridized carbons (Fsp3) is 0.167. The summed E-state index contributed by atoms with van der Waals surface area (Å²) in [6.07, 6.45) is 0. The van der Waals surface area contributed by atoms with Crippen LogP contribution in [0.2, 0.25) is 0 Å². The van der Waals surface area contributed by atoms with Crippen molar-refractivity contribution in [1.29, 1.82) is 0 Å². The van der Waals surface area contributed by atoms with Crippen LogP contribution in [0.3, 0.4) is 0 Å². The minimum absolute atomic E-state index is 0.0261. The fourth-order valence-electron chi connectivity index (χ4n) is 3.44. The van der Waals surface area contributed by atoms with Crippen LogP contribution in [0.4, 0.5) is 17.3 Å². The summed E-state index contributed by atoms with van der Waals surface area (Å²) >= 11 is 0. The number of aryl methyl sites for hydroxylation is 2. The molecule has 5 rings (SSSR count). The highest BCUT2D eigenvalue weighted by atomic mass is 32.2. The van der Waals surface area contributed by atoms with E-state index < -0.39 is 10.0 Å². The molecule has 0 fully saturated rings. The van der Waals surface area contributed by atoms with Gasteiger partial charge in [0.15, 0.2) is 11.5 Å². The number of ether oxygens (including phenoxy) is 2. The molecular weight excluding hydrogens is 440 g/mol. The molecule has 0 saturated heterocycles. The summed E-state index contributed by atoms with van der Waals surface area (Å²) in [6, 6.07) is 17.5. The zero-order valence-corrected chi connectivity index (χ0v) is 18.9. The van der Waals surface area contributed by atoms with Crippen molar-refractivity contribution < 1.29 is 17.9 Å². The number of para-hydroxylation sites is 2. The lowest BCUT2D eigenvalue weighted by atomic mass is 10.1. The number of nitrogens with zero attached hydrogens (tertiary/aromatic N) is 3. The van der Waals surface area contributed by atoms with Crippen LogP contribution >= 0.6 is 0 Å². The van der Waals surface area contributed by atoms with E-state index >= 15 is 0 Å². The average molecular weight is 462 g/mol. The first kappa shape index (κ1) is 21.0. The standard InChI is InChI=1S/C24H21N4O4S/c1-15-7-9-18(13-16(15)2)33(29,30)28-24-23(26-19-5-3-4-6-20(19)27-24)25-17-8-10-21-22(14-17)32-12-11-31-21/h3-10,13-14H,11-12H2,1-2H3,(H-,25,26,27,28)/q-1. The smallest absolute Gasteiger partial charge is 0.202 e. The van der Waals surface area contributed by atoms with Gasteiger partial charge in [0.2, 0.25) is 10.0 Å². The monoisotopic (exact) mass is 461 g/mol. The molecular formula is C24H21N4O4S-. The van der Waals surface area contributed by atoms with E-state index in [9.17, 15) is 8.42 Å². The highest BCUT2D eigenvalue weighted by molar-refractivity contribution is 7.94. The number of benzene rings is 3. The van der Waals surface area contributed by atoms with E-state index in [4.69, 9.17) is 9.47 Å². The summed E-state index contributed by atoms with van der Waals surface area (Å²) in [4.78, 5) is 9.17. The molecule has 2 heterocycles. The highest BCUT2D eigenvalue weighted by Gasteiger charge is 2.15. The van der Waals surface area contributed by atoms with Crippen molar-refractivity contribution in [2.45, 2.75) is 18.7 Å². The average Bonchev–Trinajstić information content (AvgIpc) is 2.81. The first-order chi connectivity index (χ1) is 15.9. The number of anilines is 2. The molecule has 0 amide bonds. The molecule has 1 aliphatic rings. The normalized spacial score (nSPS) is 13.0. The van der Waals surface area contributed by atoms with E-state index in [1.165, 1.54) is 0 Å². The van der Waals surface area contributed by atoms with Crippen molar-refractivity contribution in [2.75, 3.05) is 18.5 Å². The summed E-state index contributed by atoms with van der Waals surface area (Å²) in [5.41, 5.74) is 3.66. The molecule has 1 aromatic heterocycles. The van der Waals surface area contributed by atoms with Crippen LogP contribution in [-0.4, -0.2) is 31.6 Å². The van der Waals surface area contributed by atoms with Gasteiger partial charge in [-0.2, -0.15) is 0 Å². The van der Waals surface area contributed by atoms with Gasteiger partial charge in [-0.3, -0.25) is 0 Å². The first-order valence-electron chi connectivity index (χ1n) is 10.4. The Labute approximate surface area is 191 Å². The molecule has 4 aromatic rings. The van der Waals surface area contributed by atoms with Gasteiger partial charge in [0, 0.05) is 11.8 Å². The Kier molecular flexibility index (Phi) is 5.26. The molecule has 8 nitrogen and oxygen atoms in total. The second-order valence-electron chi connectivity index (χ2n) is 7.68. The van der Waals surface area contributed by atoms with Crippen molar-refractivity contribution in [1.82, 2.24) is 9.97 Å². The Morgan fingerprint density at radius 2 is 1.58 bits per heavy atom. The fourth-order valence-corrected chi connectivity index (χ4v) is 4.46. The van der Waals surface area contributed by atoms with E-state index in [-0.39, 0.29) is 16.5 Å². The van der Waals surface area contributed by atoms with E-state index in [1.54, 1.807) is 48.5 Å². The van der Waals surface area contributed by atoms with E-state index in [2.05, 4.69) is 20.0 Å². The third kappa shape index (κ3) is 4.27. The van der Waals surface area contributed by atoms with Gasteiger partial charge in [0.05, 0.1) is 10.4 Å². The van der Waals surface area contributed by atoms with Gasteiger partial charge < -0.3 is 24.5 Å². The van der Waals surface area contributed by atoms with Crippen molar-refractivity contribution in [3.8, 4) is 11.5 Å². The molecule has 0 unspecified atom stereocenters. The third-order valence-electron chi connectivity index (χ3n) is 5.34. The first-order valence-corrected chi connectivity index (χ1v) is 11.8. The zero-order valence-electron chi connectivity index (χ0n) is 18.1. The van der Waals surface area contributed by atoms with Crippen LogP contribution in [0, 0.1) is 13.8 Å². The zero-order chi connectivity index (χ0) is 23.0. The summed E-state index contributed by atoms with van der Waals surface area (Å²) in [7, 11) is -4.01. The minimum Gasteiger partial charge on any atom is -0.486 e. The lowest BCUT2D eigenvalue weighted by molar-refractivity contribution is 0.171. The van der Waals surface area contributed by atoms with Crippen LogP contribution in [0.5, 0.6) is 11.5 Å². The lowest BCUT2D eigenvalue weighted by Crippen LogP contribution is -2.15. The number of fused-ring (bicyclic) bond motifs is 2. The van der Waals surface area contributed by atoms with E-state index in [1.807, 2.05) is 26.0 Å². The minimum atomic E-state index is -4.01. The molecule has 33 heavy (non-hydrogen) atoms. The van der Waals surface area contributed by atoms with Gasteiger partial charge in [-0.1, -0.05) is 24.3 Å². The number of aromatic nitrogens is 2. The molecule has 0 radical (unpaired) electrons. The van der Waals surface area contributed by atoms with Gasteiger partial charge in [-0.05, 0) is 66.6 Å². The maximum absolute atomic E-state index is 13.1. The van der Waals surface area contributed by atoms with Crippen molar-refractivity contribution >= 4 is 38.4 Å². The molecule has 0 saturated carbocycles. The van der Waals surface area contributed by atoms with Gasteiger partial charge in [-0.15, -0.1) is 0 Å². The maximum Gasteiger partial charge on any atom is 0.202 e. The van der Waals surface area contributed by atoms with Gasteiger partial charge >= 0.3 is 0 Å². The van der Waals surface area contributed by atoms with Gasteiger partial charge in [0.25, 0.3) is 0 Å². The number of hydrogen-bond donors (Lipinski definition) is 1. The highest BCUT2D eigenvalue weighted by Crippen LogP contribution is 2.37. The molecule has 0 bridgehead atoms. The Bertz CT molecular complexity index is 1470. The van der Waals surface area contributed by atoms with E-state index in [0.717, 1.165) is 11.1 Å². The Morgan fingerprint density at radius 1 is 0.848 bits per heavy atom. The summed E-state index contributed by atoms with van der Waals surface area (Å²) in [6.45, 7) is 4.74. The maximum atomic E-state index is 13.1. The van der Waals surface area contributed by atoms with Crippen molar-refractivity contribution in [3.63, 3.8) is 0 Å². The summed E-state index contributed by atoms with van der Waals surface area (Å²) in [5.74, 6) is 1.44. The molecule has 1 aliphatic heterocycles. The van der Waals surface area contributed by atoms with Gasteiger partial charge in [0.1, 0.15) is 19.0 Å². The Hall–Kier alpha value is -3.85. The predicted molar refractivity (Wildman–Crippen MR) is 126 cm³/mol. The van der Waals surface area contributed by atoms with Gasteiger partial charge in [-0.25, -0.2) is 13.4 Å². The van der Waals surface area contributed by atoms with Crippen molar-refractivity contribution in [3.05, 3.63) is 76.5 Å². The van der Waals surface area contributed by atoms with Crippen LogP contribution in [0.15, 0.2) is 65.6 Å². The van der Waals surface area contributed by atoms with Crippen LogP contribution < -0.4 is 14.8 Å². The topological polar surface area (TPSA) is 105 Å². The Balaban J connectivity index is 1.55. The molecule has 0 aliphatic carbocycles. The summed E-state index contributed by atoms with van der Waals surface area (Å²) in [5, 5.41) is 3.14. The Morgan fingerprint density at radius 3 is 2.33 bits per heavy atom. The molecule has 0 spiro atoms. The summed E-state index contributed by atoms with van der Waals surface area (Å²) < 4.78 is 41.4. The molecule has 168 valence electrons. The molecule has 1 N–H and O–H groups in total. The largest absolute Gasteiger partial charge is 0.486 e. The van der Waals surface area contributed by atoms with Crippen LogP contribution in [0.25, 0.3) is 15.8 Å². The van der Waals surface area contributed by atoms with E-state index in [0.29, 0.717) is 41.4 Å². The second-order valence-corrected chi connectivity index (χ2v) is 9.28. The van der Waals surface area contributed by atoms with Crippen LogP contribution in [0.1, 0.15) is 11.1 Å². The lowest BCUT2D eigenvalue weighted by Gasteiger charge is -2.22. The van der Waals surface area contributed by atoms with Crippen molar-refractivity contribution in [2.24, 2.45) is 0 Å². The third-order valence-corrected chi connectivity index (χ3v) is 6.60. The second kappa shape index (κ2) is 8.25. The molecule has 0 atom stereocenters. The molecule has 3 aromatic carbocycles. The predicted octanol–water partition coefficient (Wildman–Crippen LogP) is 5.16. The number of hydrogen-bond acceptors (Lipinski definition) is 7. The number of nitrogens with one attached hydrogen (secondary N) is 1. The number of sulfonamides is 1. The van der Waals surface area contributed by atoms with Crippen LogP contribution in [-0.2, 0) is 10.0 Å². The SMILES string of the molecule is Cc1ccc(S(=O)(=O)[N-]c2nc3ccccc3nc2Nc2ccc3c(c2)OCCO3)cc1C. The number of rotatable bonds is 5. The molecule has 9 heteroatoms. The quantitative estimate of drug-likeness (QED) is 0.438.